The summed E-state index contributed by atoms with van der Waals surface area (Å²) in [6.45, 7) is 13.4. The molecule has 0 atom stereocenters. The van der Waals surface area contributed by atoms with Gasteiger partial charge in [-0.25, -0.2) is 0 Å². The van der Waals surface area contributed by atoms with Gasteiger partial charge in [-0.3, -0.25) is 0 Å². The van der Waals surface area contributed by atoms with E-state index >= 15 is 0 Å². The van der Waals surface area contributed by atoms with Crippen LogP contribution < -0.4 is 0 Å². The maximum atomic E-state index is 2.82. The Balaban J connectivity index is 4.01. The van der Waals surface area contributed by atoms with Crippen molar-refractivity contribution in [2.45, 2.75) is 213 Å². The summed E-state index contributed by atoms with van der Waals surface area (Å²) in [7, 11) is 2.37. The van der Waals surface area contributed by atoms with Crippen LogP contribution in [0.25, 0.3) is 0 Å². The van der Waals surface area contributed by atoms with Crippen molar-refractivity contribution in [3.05, 3.63) is 0 Å². The highest BCUT2D eigenvalue weighted by molar-refractivity contribution is 4.63. The molecule has 0 fully saturated rings. The normalized spacial score (nSPS) is 11.9. The molecule has 0 heterocycles. The third kappa shape index (κ3) is 34.3. The number of unbranched alkanes of at least 4 members (excludes halogenated alkanes) is 27. The zero-order valence-electron chi connectivity index (χ0n) is 29.6. The van der Waals surface area contributed by atoms with Crippen molar-refractivity contribution in [3.63, 3.8) is 0 Å². The van der Waals surface area contributed by atoms with Crippen molar-refractivity contribution in [3.8, 4) is 0 Å². The molecule has 0 bridgehead atoms. The summed E-state index contributed by atoms with van der Waals surface area (Å²) in [5, 5.41) is 0. The van der Waals surface area contributed by atoms with Gasteiger partial charge in [-0.05, 0) is 45.9 Å². The number of likely N-dealkylation sites (N-methyl/N-ethyl adjacent to an activating group) is 1. The summed E-state index contributed by atoms with van der Waals surface area (Å²) in [4.78, 5) is 5.44. The van der Waals surface area contributed by atoms with Crippen molar-refractivity contribution in [1.29, 1.82) is 0 Å². The molecule has 41 heavy (non-hydrogen) atoms. The molecule has 248 valence electrons. The van der Waals surface area contributed by atoms with E-state index in [1.807, 2.05) is 0 Å². The molecule has 0 aliphatic heterocycles. The van der Waals surface area contributed by atoms with Crippen molar-refractivity contribution < 1.29 is 0 Å². The van der Waals surface area contributed by atoms with E-state index in [1.54, 1.807) is 0 Å². The Bertz CT molecular complexity index is 427. The Morgan fingerprint density at radius 2 is 0.488 bits per heavy atom. The third-order valence-corrected chi connectivity index (χ3v) is 9.35. The predicted octanol–water partition coefficient (Wildman–Crippen LogP) is 13.0. The SMILES string of the molecule is CCCCCCCCCCCCN(C)CCN(CCCCCCCCCCCC)CCCCCCCCCCCC. The first-order valence-electron chi connectivity index (χ1n) is 19.6. The highest BCUT2D eigenvalue weighted by Gasteiger charge is 2.07. The lowest BCUT2D eigenvalue weighted by molar-refractivity contribution is 0.215. The third-order valence-electron chi connectivity index (χ3n) is 9.35. The second-order valence-corrected chi connectivity index (χ2v) is 13.7. The van der Waals surface area contributed by atoms with Gasteiger partial charge in [-0.1, -0.05) is 194 Å². The van der Waals surface area contributed by atoms with Gasteiger partial charge in [-0.2, -0.15) is 0 Å². The van der Waals surface area contributed by atoms with Crippen molar-refractivity contribution in [2.24, 2.45) is 0 Å². The van der Waals surface area contributed by atoms with Crippen LogP contribution in [-0.4, -0.2) is 49.6 Å². The fourth-order valence-corrected chi connectivity index (χ4v) is 6.27. The van der Waals surface area contributed by atoms with Crippen LogP contribution in [0.15, 0.2) is 0 Å². The van der Waals surface area contributed by atoms with Crippen LogP contribution >= 0.6 is 0 Å². The number of nitrogens with zero attached hydrogens (tertiary/aromatic N) is 2. The summed E-state index contributed by atoms with van der Waals surface area (Å²) in [6, 6.07) is 0. The lowest BCUT2D eigenvalue weighted by Crippen LogP contribution is -2.35. The van der Waals surface area contributed by atoms with Gasteiger partial charge in [0.25, 0.3) is 0 Å². The maximum absolute atomic E-state index is 2.82. The topological polar surface area (TPSA) is 6.48 Å². The van der Waals surface area contributed by atoms with E-state index in [-0.39, 0.29) is 0 Å². The fourth-order valence-electron chi connectivity index (χ4n) is 6.27. The zero-order chi connectivity index (χ0) is 29.9. The monoisotopic (exact) mass is 579 g/mol. The minimum absolute atomic E-state index is 1.26. The van der Waals surface area contributed by atoms with Gasteiger partial charge in [0.15, 0.2) is 0 Å². The van der Waals surface area contributed by atoms with Crippen molar-refractivity contribution in [2.75, 3.05) is 39.8 Å². The van der Waals surface area contributed by atoms with E-state index < -0.39 is 0 Å². The summed E-state index contributed by atoms with van der Waals surface area (Å²) < 4.78 is 0. The standard InChI is InChI=1S/C39H82N2/c1-5-8-11-14-17-20-23-26-29-32-35-40(4)38-39-41(36-33-30-27-24-21-18-15-12-9-6-2)37-34-31-28-25-22-19-16-13-10-7-3/h5-39H2,1-4H3. The van der Waals surface area contributed by atoms with E-state index in [4.69, 9.17) is 0 Å². The van der Waals surface area contributed by atoms with Crippen LogP contribution in [-0.2, 0) is 0 Å². The highest BCUT2D eigenvalue weighted by atomic mass is 15.2. The predicted molar refractivity (Wildman–Crippen MR) is 189 cm³/mol. The molecule has 0 aromatic heterocycles. The minimum Gasteiger partial charge on any atom is -0.305 e. The quantitative estimate of drug-likeness (QED) is 0.0682. The first-order chi connectivity index (χ1) is 20.2. The molecule has 0 aromatic rings. The molecule has 2 nitrogen and oxygen atoms in total. The van der Waals surface area contributed by atoms with E-state index in [1.165, 1.54) is 225 Å². The van der Waals surface area contributed by atoms with E-state index in [2.05, 4.69) is 37.6 Å². The van der Waals surface area contributed by atoms with Gasteiger partial charge in [0.05, 0.1) is 0 Å². The Morgan fingerprint density at radius 1 is 0.244 bits per heavy atom. The molecule has 0 aromatic carbocycles. The first kappa shape index (κ1) is 40.9. The number of rotatable bonds is 36. The molecular formula is C39H82N2. The van der Waals surface area contributed by atoms with Crippen LogP contribution in [0.4, 0.5) is 0 Å². The summed E-state index contributed by atoms with van der Waals surface area (Å²) >= 11 is 0. The lowest BCUT2D eigenvalue weighted by atomic mass is 10.1. The van der Waals surface area contributed by atoms with Crippen LogP contribution in [0.5, 0.6) is 0 Å². The first-order valence-corrected chi connectivity index (χ1v) is 19.6. The van der Waals surface area contributed by atoms with Gasteiger partial charge < -0.3 is 9.80 Å². The van der Waals surface area contributed by atoms with Crippen LogP contribution in [0, 0.1) is 0 Å². The Labute approximate surface area is 262 Å². The molecule has 0 saturated heterocycles. The van der Waals surface area contributed by atoms with E-state index in [9.17, 15) is 0 Å². The highest BCUT2D eigenvalue weighted by Crippen LogP contribution is 2.14. The molecule has 0 N–H and O–H groups in total. The molecule has 2 heteroatoms. The van der Waals surface area contributed by atoms with Crippen LogP contribution in [0.2, 0.25) is 0 Å². The minimum atomic E-state index is 1.26. The smallest absolute Gasteiger partial charge is 0.0109 e. The summed E-state index contributed by atoms with van der Waals surface area (Å²) in [6.07, 6.45) is 43.2. The Hall–Kier alpha value is -0.0800. The van der Waals surface area contributed by atoms with Gasteiger partial charge in [0, 0.05) is 13.1 Å². The molecule has 0 aliphatic rings. The molecular weight excluding hydrogens is 496 g/mol. The Kier molecular flexibility index (Phi) is 36.0. The van der Waals surface area contributed by atoms with Gasteiger partial charge >= 0.3 is 0 Å². The zero-order valence-corrected chi connectivity index (χ0v) is 29.6. The van der Waals surface area contributed by atoms with E-state index in [0.29, 0.717) is 0 Å². The van der Waals surface area contributed by atoms with Gasteiger partial charge in [-0.15, -0.1) is 0 Å². The van der Waals surface area contributed by atoms with Crippen molar-refractivity contribution in [1.82, 2.24) is 9.80 Å². The van der Waals surface area contributed by atoms with Crippen LogP contribution in [0.3, 0.4) is 0 Å². The molecule has 0 aliphatic carbocycles. The second kappa shape index (κ2) is 36.1. The summed E-state index contributed by atoms with van der Waals surface area (Å²) in [5.74, 6) is 0. The van der Waals surface area contributed by atoms with Gasteiger partial charge in [0.2, 0.25) is 0 Å². The molecule has 0 unspecified atom stereocenters. The van der Waals surface area contributed by atoms with Gasteiger partial charge in [0.1, 0.15) is 0 Å². The average Bonchev–Trinajstić information content (AvgIpc) is 2.98. The van der Waals surface area contributed by atoms with Crippen molar-refractivity contribution >= 4 is 0 Å². The molecule has 0 amide bonds. The van der Waals surface area contributed by atoms with Crippen LogP contribution in [0.1, 0.15) is 213 Å². The molecule has 0 saturated carbocycles. The molecule has 0 spiro atoms. The number of hydrogen-bond donors (Lipinski definition) is 0. The molecule has 0 radical (unpaired) electrons. The fraction of sp³-hybridized carbons (Fsp3) is 1.00. The largest absolute Gasteiger partial charge is 0.305 e. The summed E-state index contributed by atoms with van der Waals surface area (Å²) in [5.41, 5.74) is 0. The molecule has 0 rings (SSSR count). The Morgan fingerprint density at radius 3 is 0.780 bits per heavy atom. The average molecular weight is 579 g/mol. The lowest BCUT2D eigenvalue weighted by Gasteiger charge is -2.25. The van der Waals surface area contributed by atoms with E-state index in [0.717, 1.165) is 0 Å². The maximum Gasteiger partial charge on any atom is 0.0109 e. The second-order valence-electron chi connectivity index (χ2n) is 13.7. The number of hydrogen-bond acceptors (Lipinski definition) is 2.